The lowest BCUT2D eigenvalue weighted by Gasteiger charge is -2.17. The maximum Gasteiger partial charge on any atom is 0.148 e. The zero-order chi connectivity index (χ0) is 12.7. The Morgan fingerprint density at radius 3 is 2.25 bits per heavy atom. The summed E-state index contributed by atoms with van der Waals surface area (Å²) < 4.78 is 27.0. The van der Waals surface area contributed by atoms with Crippen LogP contribution in [0.25, 0.3) is 0 Å². The monoisotopic (exact) mass is 251 g/mol. The van der Waals surface area contributed by atoms with Gasteiger partial charge in [-0.05, 0) is 11.8 Å². The summed E-state index contributed by atoms with van der Waals surface area (Å²) in [6, 6.07) is 0. The van der Waals surface area contributed by atoms with Gasteiger partial charge in [0.1, 0.15) is 9.84 Å². The smallest absolute Gasteiger partial charge is 0.148 e. The van der Waals surface area contributed by atoms with Gasteiger partial charge in [0.2, 0.25) is 0 Å². The second-order valence-corrected chi connectivity index (χ2v) is 7.56. The zero-order valence-electron chi connectivity index (χ0n) is 10.9. The molecule has 4 nitrogen and oxygen atoms in total. The molecule has 5 heteroatoms. The lowest BCUT2D eigenvalue weighted by Crippen LogP contribution is -2.26. The molecule has 0 aliphatic heterocycles. The fraction of sp³-hybridized carbons (Fsp3) is 1.00. The molecule has 0 fully saturated rings. The van der Waals surface area contributed by atoms with E-state index in [-0.39, 0.29) is 5.75 Å². The number of ether oxygens (including phenoxy) is 1. The van der Waals surface area contributed by atoms with Crippen molar-refractivity contribution in [3.05, 3.63) is 0 Å². The second-order valence-electron chi connectivity index (χ2n) is 5.30. The van der Waals surface area contributed by atoms with Crippen molar-refractivity contribution in [3.8, 4) is 0 Å². The molecule has 0 atom stereocenters. The molecule has 0 aromatic rings. The highest BCUT2D eigenvalue weighted by molar-refractivity contribution is 7.90. The Hall–Kier alpha value is -0.130. The molecule has 0 aromatic carbocycles. The molecule has 16 heavy (non-hydrogen) atoms. The lowest BCUT2D eigenvalue weighted by molar-refractivity contribution is 0.110. The number of rotatable bonds is 8. The van der Waals surface area contributed by atoms with Crippen LogP contribution in [0.4, 0.5) is 0 Å². The van der Waals surface area contributed by atoms with Gasteiger partial charge in [-0.2, -0.15) is 0 Å². The number of hydrogen-bond acceptors (Lipinski definition) is 4. The molecular weight excluding hydrogens is 226 g/mol. The third kappa shape index (κ3) is 13.9. The van der Waals surface area contributed by atoms with Crippen molar-refractivity contribution in [2.24, 2.45) is 5.41 Å². The SMILES string of the molecule is CC(C)(C)CCOCCNCCS(C)(=O)=O. The van der Waals surface area contributed by atoms with E-state index < -0.39 is 9.84 Å². The van der Waals surface area contributed by atoms with Crippen molar-refractivity contribution >= 4 is 9.84 Å². The van der Waals surface area contributed by atoms with Gasteiger partial charge in [0.15, 0.2) is 0 Å². The molecule has 0 bridgehead atoms. The van der Waals surface area contributed by atoms with Crippen molar-refractivity contribution in [1.82, 2.24) is 5.32 Å². The van der Waals surface area contributed by atoms with E-state index >= 15 is 0 Å². The van der Waals surface area contributed by atoms with E-state index in [1.807, 2.05) is 0 Å². The Morgan fingerprint density at radius 1 is 1.12 bits per heavy atom. The topological polar surface area (TPSA) is 55.4 Å². The summed E-state index contributed by atoms with van der Waals surface area (Å²) >= 11 is 0. The van der Waals surface area contributed by atoms with Crippen molar-refractivity contribution in [2.75, 3.05) is 38.3 Å². The Balaban J connectivity index is 3.23. The van der Waals surface area contributed by atoms with Gasteiger partial charge in [0.25, 0.3) is 0 Å². The van der Waals surface area contributed by atoms with Gasteiger partial charge in [-0.15, -0.1) is 0 Å². The zero-order valence-corrected chi connectivity index (χ0v) is 11.7. The Morgan fingerprint density at radius 2 is 1.75 bits per heavy atom. The molecule has 0 aromatic heterocycles. The minimum absolute atomic E-state index is 0.189. The van der Waals surface area contributed by atoms with E-state index in [4.69, 9.17) is 4.74 Å². The molecule has 0 rings (SSSR count). The van der Waals surface area contributed by atoms with Crippen molar-refractivity contribution in [1.29, 1.82) is 0 Å². The van der Waals surface area contributed by atoms with Gasteiger partial charge in [-0.1, -0.05) is 20.8 Å². The average molecular weight is 251 g/mol. The molecule has 0 spiro atoms. The van der Waals surface area contributed by atoms with Crippen LogP contribution in [0.5, 0.6) is 0 Å². The molecule has 0 aliphatic carbocycles. The van der Waals surface area contributed by atoms with Gasteiger partial charge < -0.3 is 10.1 Å². The standard InChI is InChI=1S/C11H25NO3S/c1-11(2,3)5-8-15-9-6-12-7-10-16(4,13)14/h12H,5-10H2,1-4H3. The van der Waals surface area contributed by atoms with Crippen molar-refractivity contribution in [2.45, 2.75) is 27.2 Å². The van der Waals surface area contributed by atoms with Crippen LogP contribution in [0.3, 0.4) is 0 Å². The first-order chi connectivity index (χ1) is 7.21. The molecule has 0 amide bonds. The van der Waals surface area contributed by atoms with Crippen LogP contribution < -0.4 is 5.32 Å². The van der Waals surface area contributed by atoms with Gasteiger partial charge in [-0.3, -0.25) is 0 Å². The molecule has 1 N–H and O–H groups in total. The second kappa shape index (κ2) is 7.25. The summed E-state index contributed by atoms with van der Waals surface area (Å²) in [5.74, 6) is 0.189. The van der Waals surface area contributed by atoms with E-state index in [2.05, 4.69) is 26.1 Å². The number of sulfone groups is 1. The van der Waals surface area contributed by atoms with Crippen molar-refractivity contribution in [3.63, 3.8) is 0 Å². The van der Waals surface area contributed by atoms with E-state index in [1.165, 1.54) is 6.26 Å². The fourth-order valence-corrected chi connectivity index (χ4v) is 1.52. The highest BCUT2D eigenvalue weighted by atomic mass is 32.2. The molecule has 98 valence electrons. The summed E-state index contributed by atoms with van der Waals surface area (Å²) in [5, 5.41) is 3.04. The van der Waals surface area contributed by atoms with Crippen LogP contribution >= 0.6 is 0 Å². The third-order valence-corrected chi connectivity index (χ3v) is 3.01. The number of nitrogens with one attached hydrogen (secondary N) is 1. The summed E-state index contributed by atoms with van der Waals surface area (Å²) in [6.07, 6.45) is 2.28. The third-order valence-electron chi connectivity index (χ3n) is 2.07. The van der Waals surface area contributed by atoms with E-state index in [0.29, 0.717) is 25.1 Å². The van der Waals surface area contributed by atoms with Gasteiger partial charge >= 0.3 is 0 Å². The maximum atomic E-state index is 10.8. The van der Waals surface area contributed by atoms with Gasteiger partial charge in [-0.25, -0.2) is 8.42 Å². The van der Waals surface area contributed by atoms with Gasteiger partial charge in [0.05, 0.1) is 12.4 Å². The number of hydrogen-bond donors (Lipinski definition) is 1. The molecular formula is C11H25NO3S. The Bertz CT molecular complexity index is 267. The highest BCUT2D eigenvalue weighted by Crippen LogP contribution is 2.17. The van der Waals surface area contributed by atoms with Crippen LogP contribution in [0.2, 0.25) is 0 Å². The molecule has 0 saturated heterocycles. The molecule has 0 radical (unpaired) electrons. The Labute approximate surface area is 99.7 Å². The normalized spacial score (nSPS) is 13.0. The fourth-order valence-electron chi connectivity index (χ4n) is 1.01. The largest absolute Gasteiger partial charge is 0.380 e. The average Bonchev–Trinajstić information content (AvgIpc) is 2.06. The molecule has 0 unspecified atom stereocenters. The first-order valence-corrected chi connectivity index (χ1v) is 7.73. The minimum Gasteiger partial charge on any atom is -0.380 e. The first-order valence-electron chi connectivity index (χ1n) is 5.67. The minimum atomic E-state index is -2.84. The van der Waals surface area contributed by atoms with Crippen LogP contribution in [-0.4, -0.2) is 46.7 Å². The summed E-state index contributed by atoms with van der Waals surface area (Å²) in [6.45, 7) is 9.15. The van der Waals surface area contributed by atoms with E-state index in [0.717, 1.165) is 13.0 Å². The van der Waals surface area contributed by atoms with E-state index in [1.54, 1.807) is 0 Å². The van der Waals surface area contributed by atoms with Crippen LogP contribution in [0.15, 0.2) is 0 Å². The lowest BCUT2D eigenvalue weighted by atomic mass is 9.93. The van der Waals surface area contributed by atoms with Crippen LogP contribution in [0, 0.1) is 5.41 Å². The highest BCUT2D eigenvalue weighted by Gasteiger charge is 2.08. The maximum absolute atomic E-state index is 10.8. The first kappa shape index (κ1) is 15.9. The quantitative estimate of drug-likeness (QED) is 0.656. The summed E-state index contributed by atoms with van der Waals surface area (Å²) in [5.41, 5.74) is 0.309. The molecule has 0 aliphatic rings. The Kier molecular flexibility index (Phi) is 7.19. The molecule has 0 saturated carbocycles. The summed E-state index contributed by atoms with van der Waals surface area (Å²) in [4.78, 5) is 0. The predicted molar refractivity (Wildman–Crippen MR) is 67.5 cm³/mol. The van der Waals surface area contributed by atoms with Crippen molar-refractivity contribution < 1.29 is 13.2 Å². The molecule has 0 heterocycles. The predicted octanol–water partition coefficient (Wildman–Crippen LogP) is 1.07. The van der Waals surface area contributed by atoms with Gasteiger partial charge in [0, 0.05) is 26.0 Å². The van der Waals surface area contributed by atoms with E-state index in [9.17, 15) is 8.42 Å². The van der Waals surface area contributed by atoms with Crippen LogP contribution in [-0.2, 0) is 14.6 Å². The van der Waals surface area contributed by atoms with Crippen LogP contribution in [0.1, 0.15) is 27.2 Å². The summed E-state index contributed by atoms with van der Waals surface area (Å²) in [7, 11) is -2.84.